The van der Waals surface area contributed by atoms with Crippen LogP contribution in [0.1, 0.15) is 16.1 Å². The third-order valence-electron chi connectivity index (χ3n) is 2.73. The van der Waals surface area contributed by atoms with Gasteiger partial charge in [0.1, 0.15) is 5.75 Å². The van der Waals surface area contributed by atoms with Crippen molar-refractivity contribution in [3.8, 4) is 5.75 Å². The van der Waals surface area contributed by atoms with Crippen molar-refractivity contribution in [3.05, 3.63) is 40.4 Å². The van der Waals surface area contributed by atoms with E-state index in [-0.39, 0.29) is 6.42 Å². The van der Waals surface area contributed by atoms with Crippen LogP contribution in [0.2, 0.25) is 0 Å². The number of aromatic nitrogens is 1. The summed E-state index contributed by atoms with van der Waals surface area (Å²) in [7, 11) is 1.65. The number of aliphatic carboxylic acids is 1. The Hall–Kier alpha value is -1.53. The van der Waals surface area contributed by atoms with Crippen LogP contribution in [0.5, 0.6) is 5.75 Å². The number of aryl methyl sites for hydroxylation is 1. The lowest BCUT2D eigenvalue weighted by atomic mass is 10.2. The normalized spacial score (nSPS) is 10.5. The van der Waals surface area contributed by atoms with Gasteiger partial charge in [-0.25, -0.2) is 4.98 Å². The van der Waals surface area contributed by atoms with E-state index in [4.69, 9.17) is 9.84 Å². The van der Waals surface area contributed by atoms with Gasteiger partial charge in [-0.2, -0.15) is 0 Å². The van der Waals surface area contributed by atoms with E-state index >= 15 is 0 Å². The summed E-state index contributed by atoms with van der Waals surface area (Å²) in [6, 6.07) is 7.86. The molecule has 0 atom stereocenters. The number of rotatable bonds is 6. The van der Waals surface area contributed by atoms with Crippen LogP contribution >= 0.6 is 23.1 Å². The fourth-order valence-corrected chi connectivity index (χ4v) is 3.94. The molecule has 0 spiro atoms. The van der Waals surface area contributed by atoms with Gasteiger partial charge >= 0.3 is 5.97 Å². The molecule has 0 radical (unpaired) electrons. The van der Waals surface area contributed by atoms with Crippen LogP contribution in [0.15, 0.2) is 28.6 Å². The van der Waals surface area contributed by atoms with Crippen molar-refractivity contribution in [3.63, 3.8) is 0 Å². The largest absolute Gasteiger partial charge is 0.496 e. The van der Waals surface area contributed by atoms with Gasteiger partial charge in [0.2, 0.25) is 0 Å². The molecule has 0 saturated carbocycles. The van der Waals surface area contributed by atoms with Crippen LogP contribution in [0.25, 0.3) is 0 Å². The summed E-state index contributed by atoms with van der Waals surface area (Å²) < 4.78 is 6.20. The zero-order valence-corrected chi connectivity index (χ0v) is 12.9. The van der Waals surface area contributed by atoms with Crippen molar-refractivity contribution in [1.82, 2.24) is 4.98 Å². The second-order valence-electron chi connectivity index (χ2n) is 4.16. The minimum atomic E-state index is -0.821. The molecule has 0 aliphatic rings. The van der Waals surface area contributed by atoms with E-state index in [9.17, 15) is 4.79 Å². The third kappa shape index (κ3) is 3.74. The average molecular weight is 309 g/mol. The van der Waals surface area contributed by atoms with Crippen molar-refractivity contribution in [2.24, 2.45) is 0 Å². The van der Waals surface area contributed by atoms with E-state index in [0.29, 0.717) is 0 Å². The van der Waals surface area contributed by atoms with E-state index < -0.39 is 5.97 Å². The number of carboxylic acids is 1. The van der Waals surface area contributed by atoms with E-state index in [0.717, 1.165) is 32.0 Å². The fourth-order valence-electron chi connectivity index (χ4n) is 1.73. The van der Waals surface area contributed by atoms with E-state index in [1.807, 2.05) is 31.2 Å². The van der Waals surface area contributed by atoms with Gasteiger partial charge in [-0.05, 0) is 13.0 Å². The molecule has 0 aliphatic heterocycles. The Morgan fingerprint density at radius 2 is 2.20 bits per heavy atom. The van der Waals surface area contributed by atoms with Gasteiger partial charge in [0.05, 0.1) is 19.2 Å². The molecule has 0 bridgehead atoms. The van der Waals surface area contributed by atoms with Crippen LogP contribution in [0.4, 0.5) is 0 Å². The standard InChI is InChI=1S/C14H15NO3S2/c1-9-12(7-13(16)17)20-14(15-9)19-8-10-5-3-4-6-11(10)18-2/h3-6H,7-8H2,1-2H3,(H,16,17). The smallest absolute Gasteiger partial charge is 0.308 e. The molecular formula is C14H15NO3S2. The fraction of sp³-hybridized carbons (Fsp3) is 0.286. The molecule has 0 fully saturated rings. The summed E-state index contributed by atoms with van der Waals surface area (Å²) in [4.78, 5) is 16.0. The quantitative estimate of drug-likeness (QED) is 0.829. The highest BCUT2D eigenvalue weighted by Crippen LogP contribution is 2.32. The summed E-state index contributed by atoms with van der Waals surface area (Å²) in [5, 5.41) is 8.83. The lowest BCUT2D eigenvalue weighted by Crippen LogP contribution is -1.99. The van der Waals surface area contributed by atoms with Crippen molar-refractivity contribution in [2.45, 2.75) is 23.4 Å². The minimum Gasteiger partial charge on any atom is -0.496 e. The van der Waals surface area contributed by atoms with Gasteiger partial charge in [-0.3, -0.25) is 4.79 Å². The SMILES string of the molecule is COc1ccccc1CSc1nc(C)c(CC(=O)O)s1. The van der Waals surface area contributed by atoms with E-state index in [1.54, 1.807) is 18.9 Å². The Labute approximate surface area is 125 Å². The molecule has 0 saturated heterocycles. The van der Waals surface area contributed by atoms with Gasteiger partial charge < -0.3 is 9.84 Å². The zero-order valence-electron chi connectivity index (χ0n) is 11.3. The lowest BCUT2D eigenvalue weighted by molar-refractivity contribution is -0.136. The summed E-state index contributed by atoms with van der Waals surface area (Å²) in [5.41, 5.74) is 1.91. The number of ether oxygens (including phenoxy) is 1. The van der Waals surface area contributed by atoms with Crippen molar-refractivity contribution in [2.75, 3.05) is 7.11 Å². The topological polar surface area (TPSA) is 59.4 Å². The first kappa shape index (κ1) is 14.9. The predicted molar refractivity (Wildman–Crippen MR) is 80.7 cm³/mol. The van der Waals surface area contributed by atoms with E-state index in [2.05, 4.69) is 4.98 Å². The molecule has 1 aromatic heterocycles. The predicted octanol–water partition coefficient (Wildman–Crippen LogP) is 3.38. The Kier molecular flexibility index (Phi) is 5.03. The number of methoxy groups -OCH3 is 1. The Morgan fingerprint density at radius 1 is 1.45 bits per heavy atom. The van der Waals surface area contributed by atoms with Gasteiger partial charge in [0.25, 0.3) is 0 Å². The number of carbonyl (C=O) groups is 1. The molecule has 4 nitrogen and oxygen atoms in total. The Balaban J connectivity index is 2.05. The monoisotopic (exact) mass is 309 g/mol. The number of para-hydroxylation sites is 1. The Morgan fingerprint density at radius 3 is 2.90 bits per heavy atom. The first-order valence-electron chi connectivity index (χ1n) is 6.03. The molecule has 2 rings (SSSR count). The van der Waals surface area contributed by atoms with Crippen molar-refractivity contribution < 1.29 is 14.6 Å². The summed E-state index contributed by atoms with van der Waals surface area (Å²) >= 11 is 3.05. The van der Waals surface area contributed by atoms with Gasteiger partial charge in [0.15, 0.2) is 4.34 Å². The Bertz CT molecular complexity index is 610. The third-order valence-corrected chi connectivity index (χ3v) is 5.08. The molecule has 1 N–H and O–H groups in total. The minimum absolute atomic E-state index is 0.0404. The summed E-state index contributed by atoms with van der Waals surface area (Å²) in [6.07, 6.45) is 0.0404. The van der Waals surface area contributed by atoms with Crippen LogP contribution in [0, 0.1) is 6.92 Å². The molecule has 1 aromatic carbocycles. The first-order chi connectivity index (χ1) is 9.60. The molecule has 0 aliphatic carbocycles. The van der Waals surface area contributed by atoms with Gasteiger partial charge in [0, 0.05) is 16.2 Å². The number of thioether (sulfide) groups is 1. The number of thiazole rings is 1. The number of benzene rings is 1. The maximum absolute atomic E-state index is 10.7. The van der Waals surface area contributed by atoms with Crippen LogP contribution in [-0.2, 0) is 17.0 Å². The maximum atomic E-state index is 10.7. The second-order valence-corrected chi connectivity index (χ2v) is 6.47. The molecule has 106 valence electrons. The van der Waals surface area contributed by atoms with Crippen LogP contribution in [-0.4, -0.2) is 23.2 Å². The summed E-state index contributed by atoms with van der Waals surface area (Å²) in [6.45, 7) is 1.85. The zero-order chi connectivity index (χ0) is 14.5. The highest BCUT2D eigenvalue weighted by Gasteiger charge is 2.12. The van der Waals surface area contributed by atoms with Crippen molar-refractivity contribution >= 4 is 29.1 Å². The molecule has 0 amide bonds. The number of carboxylic acid groups (broad SMARTS) is 1. The number of nitrogens with zero attached hydrogens (tertiary/aromatic N) is 1. The van der Waals surface area contributed by atoms with Crippen LogP contribution in [0.3, 0.4) is 0 Å². The highest BCUT2D eigenvalue weighted by molar-refractivity contribution is 8.00. The molecule has 2 aromatic rings. The molecule has 0 unspecified atom stereocenters. The molecule has 1 heterocycles. The molecular weight excluding hydrogens is 294 g/mol. The maximum Gasteiger partial charge on any atom is 0.308 e. The van der Waals surface area contributed by atoms with Crippen molar-refractivity contribution in [1.29, 1.82) is 0 Å². The van der Waals surface area contributed by atoms with Crippen LogP contribution < -0.4 is 4.74 Å². The molecule has 6 heteroatoms. The summed E-state index contributed by atoms with van der Waals surface area (Å²) in [5.74, 6) is 0.792. The second kappa shape index (κ2) is 6.76. The molecule has 20 heavy (non-hydrogen) atoms. The lowest BCUT2D eigenvalue weighted by Gasteiger charge is -2.06. The number of hydrogen-bond donors (Lipinski definition) is 1. The number of hydrogen-bond acceptors (Lipinski definition) is 5. The van der Waals surface area contributed by atoms with Gasteiger partial charge in [-0.15, -0.1) is 11.3 Å². The first-order valence-corrected chi connectivity index (χ1v) is 7.83. The van der Waals surface area contributed by atoms with Gasteiger partial charge in [-0.1, -0.05) is 30.0 Å². The van der Waals surface area contributed by atoms with E-state index in [1.165, 1.54) is 11.3 Å². The highest BCUT2D eigenvalue weighted by atomic mass is 32.2. The average Bonchev–Trinajstić information content (AvgIpc) is 2.76.